The minimum atomic E-state index is -2.45. The lowest BCUT2D eigenvalue weighted by atomic mass is 10.0. The van der Waals surface area contributed by atoms with Gasteiger partial charge in [-0.15, -0.1) is 0 Å². The van der Waals surface area contributed by atoms with Crippen molar-refractivity contribution in [1.82, 2.24) is 0 Å². The Morgan fingerprint density at radius 2 is 1.57 bits per heavy atom. The van der Waals surface area contributed by atoms with E-state index >= 15 is 0 Å². The second-order valence-electron chi connectivity index (χ2n) is 7.27. The normalized spacial score (nSPS) is 18.0. The van der Waals surface area contributed by atoms with Gasteiger partial charge in [-0.3, -0.25) is 0 Å². The fourth-order valence-corrected chi connectivity index (χ4v) is 7.04. The third-order valence-corrected chi connectivity index (χ3v) is 9.98. The first-order valence-electron chi connectivity index (χ1n) is 8.32. The van der Waals surface area contributed by atoms with Crippen LogP contribution >= 0.6 is 0 Å². The number of hydrogen-bond acceptors (Lipinski definition) is 3. The van der Waals surface area contributed by atoms with E-state index < -0.39 is 16.9 Å². The Balaban J connectivity index is 2.11. The summed E-state index contributed by atoms with van der Waals surface area (Å²) in [4.78, 5) is 0. The van der Waals surface area contributed by atoms with E-state index in [0.29, 0.717) is 5.54 Å². The second-order valence-corrected chi connectivity index (χ2v) is 15.7. The molecule has 0 spiro atoms. The highest BCUT2D eigenvalue weighted by molar-refractivity contribution is 6.78. The maximum absolute atomic E-state index is 5.53. The van der Waals surface area contributed by atoms with E-state index in [2.05, 4.69) is 50.0 Å². The zero-order valence-electron chi connectivity index (χ0n) is 15.3. The van der Waals surface area contributed by atoms with Crippen LogP contribution in [0.25, 0.3) is 5.57 Å². The van der Waals surface area contributed by atoms with Crippen molar-refractivity contribution in [2.45, 2.75) is 44.1 Å². The minimum absolute atomic E-state index is 0.628. The molecule has 0 N–H and O–H groups in total. The lowest BCUT2D eigenvalue weighted by molar-refractivity contribution is 0.123. The molecule has 128 valence electrons. The monoisotopic (exact) mass is 350 g/mol. The summed E-state index contributed by atoms with van der Waals surface area (Å²) in [6, 6.07) is 9.75. The lowest BCUT2D eigenvalue weighted by Gasteiger charge is -2.24. The van der Waals surface area contributed by atoms with Crippen molar-refractivity contribution < 1.29 is 13.3 Å². The highest BCUT2D eigenvalue weighted by Gasteiger charge is 2.38. The maximum Gasteiger partial charge on any atom is 0.500 e. The fraction of sp³-hybridized carbons (Fsp3) is 0.556. The molecule has 23 heavy (non-hydrogen) atoms. The Morgan fingerprint density at radius 3 is 2.13 bits per heavy atom. The first kappa shape index (κ1) is 18.6. The Morgan fingerprint density at radius 1 is 0.957 bits per heavy atom. The molecule has 0 fully saturated rings. The molecule has 0 bridgehead atoms. The molecule has 1 unspecified atom stereocenters. The third kappa shape index (κ3) is 4.03. The van der Waals surface area contributed by atoms with E-state index in [9.17, 15) is 0 Å². The van der Waals surface area contributed by atoms with Crippen molar-refractivity contribution in [1.29, 1.82) is 0 Å². The third-order valence-electron chi connectivity index (χ3n) is 4.80. The van der Waals surface area contributed by atoms with E-state index in [4.69, 9.17) is 13.3 Å². The van der Waals surface area contributed by atoms with Gasteiger partial charge in [-0.1, -0.05) is 50.0 Å². The van der Waals surface area contributed by atoms with Crippen LogP contribution in [-0.4, -0.2) is 38.2 Å². The molecule has 3 nitrogen and oxygen atoms in total. The van der Waals surface area contributed by atoms with Gasteiger partial charge in [0.2, 0.25) is 0 Å². The molecular weight excluding hydrogens is 320 g/mol. The Bertz CT molecular complexity index is 551. The molecule has 1 aromatic rings. The summed E-state index contributed by atoms with van der Waals surface area (Å²) >= 11 is 0. The van der Waals surface area contributed by atoms with Gasteiger partial charge in [0.1, 0.15) is 0 Å². The first-order chi connectivity index (χ1) is 10.9. The van der Waals surface area contributed by atoms with Gasteiger partial charge in [0, 0.05) is 27.4 Å². The maximum atomic E-state index is 5.53. The second kappa shape index (κ2) is 7.44. The molecule has 1 atom stereocenters. The standard InChI is InChI=1S/C18H30O3Si2/c1-19-23(20-2,21-3)13-9-10-15-14-18(22(4,5)6)17-12-8-7-11-16(15)17/h7-8,11-12,14,18H,9-10,13H2,1-6H3. The van der Waals surface area contributed by atoms with E-state index in [-0.39, 0.29) is 0 Å². The molecule has 0 amide bonds. The average molecular weight is 351 g/mol. The van der Waals surface area contributed by atoms with Crippen LogP contribution in [0.3, 0.4) is 0 Å². The van der Waals surface area contributed by atoms with Gasteiger partial charge >= 0.3 is 8.80 Å². The van der Waals surface area contributed by atoms with Crippen molar-refractivity contribution >= 4 is 22.5 Å². The number of allylic oxidation sites excluding steroid dienone is 2. The zero-order chi connectivity index (χ0) is 17.1. The van der Waals surface area contributed by atoms with Crippen molar-refractivity contribution in [3.05, 3.63) is 41.5 Å². The SMILES string of the molecule is CO[Si](CCCC1=CC([Si](C)(C)C)c2ccccc21)(OC)OC. The van der Waals surface area contributed by atoms with E-state index in [0.717, 1.165) is 18.9 Å². The summed E-state index contributed by atoms with van der Waals surface area (Å²) in [6.07, 6.45) is 4.61. The van der Waals surface area contributed by atoms with Gasteiger partial charge in [-0.05, 0) is 35.1 Å². The highest BCUT2D eigenvalue weighted by atomic mass is 28.4. The van der Waals surface area contributed by atoms with Gasteiger partial charge in [-0.25, -0.2) is 0 Å². The Labute approximate surface area is 143 Å². The molecule has 5 heteroatoms. The molecule has 0 saturated heterocycles. The molecule has 0 aromatic heterocycles. The molecule has 0 saturated carbocycles. The van der Waals surface area contributed by atoms with Gasteiger partial charge in [-0.2, -0.15) is 0 Å². The largest absolute Gasteiger partial charge is 0.500 e. The van der Waals surface area contributed by atoms with Crippen molar-refractivity contribution in [3.8, 4) is 0 Å². The quantitative estimate of drug-likeness (QED) is 0.636. The van der Waals surface area contributed by atoms with Crippen LogP contribution < -0.4 is 0 Å². The summed E-state index contributed by atoms with van der Waals surface area (Å²) in [5.74, 6) is 0. The summed E-state index contributed by atoms with van der Waals surface area (Å²) in [5.41, 5.74) is 5.08. The van der Waals surface area contributed by atoms with Crippen LogP contribution in [0.5, 0.6) is 0 Å². The van der Waals surface area contributed by atoms with Crippen LogP contribution in [0, 0.1) is 0 Å². The molecule has 0 radical (unpaired) electrons. The summed E-state index contributed by atoms with van der Waals surface area (Å²) in [6.45, 7) is 7.35. The molecular formula is C18H30O3Si2. The molecule has 1 aliphatic rings. The molecule has 2 rings (SSSR count). The predicted octanol–water partition coefficient (Wildman–Crippen LogP) is 4.70. The van der Waals surface area contributed by atoms with Crippen molar-refractivity contribution in [3.63, 3.8) is 0 Å². The van der Waals surface area contributed by atoms with Crippen LogP contribution in [0.15, 0.2) is 30.3 Å². The molecule has 1 aliphatic carbocycles. The Hall–Kier alpha value is -0.726. The van der Waals surface area contributed by atoms with Gasteiger partial charge < -0.3 is 13.3 Å². The lowest BCUT2D eigenvalue weighted by Crippen LogP contribution is -2.42. The van der Waals surface area contributed by atoms with Gasteiger partial charge in [0.15, 0.2) is 0 Å². The zero-order valence-corrected chi connectivity index (χ0v) is 17.3. The smallest absolute Gasteiger partial charge is 0.377 e. The number of fused-ring (bicyclic) bond motifs is 1. The average Bonchev–Trinajstić information content (AvgIpc) is 2.91. The molecule has 0 aliphatic heterocycles. The van der Waals surface area contributed by atoms with E-state index in [1.807, 2.05) is 0 Å². The summed E-state index contributed by atoms with van der Waals surface area (Å²) in [7, 11) is 1.35. The predicted molar refractivity (Wildman–Crippen MR) is 101 cm³/mol. The molecule has 0 heterocycles. The van der Waals surface area contributed by atoms with Gasteiger partial charge in [0.05, 0.1) is 8.07 Å². The minimum Gasteiger partial charge on any atom is -0.377 e. The summed E-state index contributed by atoms with van der Waals surface area (Å²) in [5, 5.41) is 0. The topological polar surface area (TPSA) is 27.7 Å². The van der Waals surface area contributed by atoms with Crippen LogP contribution in [-0.2, 0) is 13.3 Å². The van der Waals surface area contributed by atoms with E-state index in [1.54, 1.807) is 21.3 Å². The number of rotatable bonds is 8. The van der Waals surface area contributed by atoms with Crippen molar-refractivity contribution in [2.75, 3.05) is 21.3 Å². The first-order valence-corrected chi connectivity index (χ1v) is 13.8. The van der Waals surface area contributed by atoms with Crippen LogP contribution in [0.1, 0.15) is 29.5 Å². The van der Waals surface area contributed by atoms with Crippen molar-refractivity contribution in [2.24, 2.45) is 0 Å². The Kier molecular flexibility index (Phi) is 6.02. The number of hydrogen-bond donors (Lipinski definition) is 0. The molecule has 1 aromatic carbocycles. The van der Waals surface area contributed by atoms with E-state index in [1.165, 1.54) is 16.7 Å². The number of benzene rings is 1. The highest BCUT2D eigenvalue weighted by Crippen LogP contribution is 2.43. The summed E-state index contributed by atoms with van der Waals surface area (Å²) < 4.78 is 16.6. The fourth-order valence-electron chi connectivity index (χ4n) is 3.43. The van der Waals surface area contributed by atoms with Crippen LogP contribution in [0.4, 0.5) is 0 Å². The van der Waals surface area contributed by atoms with Gasteiger partial charge in [0.25, 0.3) is 0 Å². The van der Waals surface area contributed by atoms with Crippen LogP contribution in [0.2, 0.25) is 25.7 Å².